The van der Waals surface area contributed by atoms with Crippen molar-refractivity contribution in [1.82, 2.24) is 0 Å². The van der Waals surface area contributed by atoms with Crippen LogP contribution in [0.1, 0.15) is 22.3 Å². The van der Waals surface area contributed by atoms with Gasteiger partial charge in [0, 0.05) is 22.4 Å². The fourth-order valence-corrected chi connectivity index (χ4v) is 7.02. The SMILES string of the molecule is Nc1ccc(C2(c3ccc(N(c4ccccc4)c4cccc5ccccc45)cc3)c3ccccc3-c3ccccc32)cc1. The lowest BCUT2D eigenvalue weighted by Crippen LogP contribution is -2.28. The number of hydrogen-bond acceptors (Lipinski definition) is 2. The topological polar surface area (TPSA) is 29.3 Å². The molecule has 1 aliphatic rings. The molecule has 7 aromatic carbocycles. The Bertz CT molecular complexity index is 2030. The molecule has 0 saturated carbocycles. The van der Waals surface area contributed by atoms with Gasteiger partial charge in [0.15, 0.2) is 0 Å². The first-order chi connectivity index (χ1) is 21.2. The summed E-state index contributed by atoms with van der Waals surface area (Å²) in [6.45, 7) is 0. The van der Waals surface area contributed by atoms with Crippen molar-refractivity contribution in [1.29, 1.82) is 0 Å². The number of rotatable bonds is 5. The molecule has 2 nitrogen and oxygen atoms in total. The lowest BCUT2D eigenvalue weighted by Gasteiger charge is -2.34. The second kappa shape index (κ2) is 10.0. The van der Waals surface area contributed by atoms with E-state index in [0.717, 1.165) is 22.7 Å². The van der Waals surface area contributed by atoms with E-state index in [-0.39, 0.29) is 0 Å². The summed E-state index contributed by atoms with van der Waals surface area (Å²) in [5.41, 5.74) is 17.5. The standard InChI is InChI=1S/C41H30N2/c42-32-25-21-30(22-26-32)41(38-18-8-6-16-36(38)37-17-7-9-19-39(37)41)31-23-27-34(28-24-31)43(33-13-2-1-3-14-33)40-20-10-12-29-11-4-5-15-35(29)40/h1-28H,42H2. The Hall–Kier alpha value is -5.60. The molecule has 0 bridgehead atoms. The molecule has 0 aromatic heterocycles. The van der Waals surface area contributed by atoms with Crippen molar-refractivity contribution >= 4 is 33.5 Å². The summed E-state index contributed by atoms with van der Waals surface area (Å²) in [5, 5.41) is 2.44. The largest absolute Gasteiger partial charge is 0.399 e. The van der Waals surface area contributed by atoms with Crippen LogP contribution in [0.4, 0.5) is 22.7 Å². The van der Waals surface area contributed by atoms with Gasteiger partial charge in [0.2, 0.25) is 0 Å². The van der Waals surface area contributed by atoms with E-state index in [1.54, 1.807) is 0 Å². The van der Waals surface area contributed by atoms with E-state index >= 15 is 0 Å². The van der Waals surface area contributed by atoms with Crippen molar-refractivity contribution < 1.29 is 0 Å². The molecule has 0 aliphatic heterocycles. The minimum absolute atomic E-state index is 0.462. The summed E-state index contributed by atoms with van der Waals surface area (Å²) < 4.78 is 0. The molecule has 8 rings (SSSR count). The Labute approximate surface area is 252 Å². The minimum Gasteiger partial charge on any atom is -0.399 e. The van der Waals surface area contributed by atoms with Crippen molar-refractivity contribution in [2.45, 2.75) is 5.41 Å². The molecule has 0 amide bonds. The number of nitrogens with two attached hydrogens (primary N) is 1. The fraction of sp³-hybridized carbons (Fsp3) is 0.0244. The Kier molecular flexibility index (Phi) is 5.87. The monoisotopic (exact) mass is 550 g/mol. The summed E-state index contributed by atoms with van der Waals surface area (Å²) in [6.07, 6.45) is 0. The van der Waals surface area contributed by atoms with Crippen LogP contribution in [0.5, 0.6) is 0 Å². The highest BCUT2D eigenvalue weighted by molar-refractivity contribution is 5.99. The highest BCUT2D eigenvalue weighted by Gasteiger charge is 2.45. The number of para-hydroxylation sites is 1. The maximum Gasteiger partial charge on any atom is 0.0713 e. The van der Waals surface area contributed by atoms with Crippen LogP contribution in [-0.2, 0) is 5.41 Å². The first-order valence-electron chi connectivity index (χ1n) is 14.7. The van der Waals surface area contributed by atoms with Gasteiger partial charge in [-0.3, -0.25) is 0 Å². The minimum atomic E-state index is -0.462. The van der Waals surface area contributed by atoms with Crippen LogP contribution in [0.15, 0.2) is 170 Å². The van der Waals surface area contributed by atoms with E-state index in [1.165, 1.54) is 44.2 Å². The summed E-state index contributed by atoms with van der Waals surface area (Å²) in [5.74, 6) is 0. The summed E-state index contributed by atoms with van der Waals surface area (Å²) in [7, 11) is 0. The second-order valence-corrected chi connectivity index (χ2v) is 11.2. The predicted octanol–water partition coefficient (Wildman–Crippen LogP) is 10.3. The first-order valence-corrected chi connectivity index (χ1v) is 14.7. The highest BCUT2D eigenvalue weighted by Crippen LogP contribution is 2.56. The van der Waals surface area contributed by atoms with Crippen LogP contribution < -0.4 is 10.6 Å². The van der Waals surface area contributed by atoms with Crippen molar-refractivity contribution in [3.05, 3.63) is 192 Å². The molecule has 2 heteroatoms. The van der Waals surface area contributed by atoms with Crippen LogP contribution in [0.25, 0.3) is 21.9 Å². The van der Waals surface area contributed by atoms with Crippen molar-refractivity contribution in [2.75, 3.05) is 10.6 Å². The molecular weight excluding hydrogens is 520 g/mol. The predicted molar refractivity (Wildman–Crippen MR) is 180 cm³/mol. The molecule has 7 aromatic rings. The number of fused-ring (bicyclic) bond motifs is 4. The highest BCUT2D eigenvalue weighted by atomic mass is 15.1. The molecule has 0 atom stereocenters. The number of benzene rings is 7. The Balaban J connectivity index is 1.36. The Morgan fingerprint density at radius 3 is 1.60 bits per heavy atom. The number of hydrogen-bond donors (Lipinski definition) is 1. The molecule has 2 N–H and O–H groups in total. The van der Waals surface area contributed by atoms with Gasteiger partial charge in [-0.2, -0.15) is 0 Å². The lowest BCUT2D eigenvalue weighted by atomic mass is 9.67. The van der Waals surface area contributed by atoms with E-state index in [2.05, 4.69) is 163 Å². The molecule has 43 heavy (non-hydrogen) atoms. The van der Waals surface area contributed by atoms with Gasteiger partial charge in [-0.05, 0) is 81.2 Å². The van der Waals surface area contributed by atoms with Gasteiger partial charge in [-0.25, -0.2) is 0 Å². The zero-order valence-electron chi connectivity index (χ0n) is 23.7. The van der Waals surface area contributed by atoms with Gasteiger partial charge in [0.1, 0.15) is 0 Å². The van der Waals surface area contributed by atoms with Crippen LogP contribution >= 0.6 is 0 Å². The maximum atomic E-state index is 6.19. The zero-order valence-corrected chi connectivity index (χ0v) is 23.7. The third-order valence-electron chi connectivity index (χ3n) is 8.88. The molecule has 204 valence electrons. The first kappa shape index (κ1) is 25.1. The smallest absolute Gasteiger partial charge is 0.0713 e. The lowest BCUT2D eigenvalue weighted by molar-refractivity contribution is 0.768. The third kappa shape index (κ3) is 3.88. The molecule has 0 fully saturated rings. The number of nitrogens with zero attached hydrogens (tertiary/aromatic N) is 1. The van der Waals surface area contributed by atoms with Crippen molar-refractivity contribution in [2.24, 2.45) is 0 Å². The third-order valence-corrected chi connectivity index (χ3v) is 8.88. The van der Waals surface area contributed by atoms with Gasteiger partial charge in [0.05, 0.1) is 11.1 Å². The second-order valence-electron chi connectivity index (χ2n) is 11.2. The maximum absolute atomic E-state index is 6.19. The van der Waals surface area contributed by atoms with E-state index < -0.39 is 5.41 Å². The Morgan fingerprint density at radius 2 is 0.930 bits per heavy atom. The average molecular weight is 551 g/mol. The number of anilines is 4. The van der Waals surface area contributed by atoms with E-state index in [9.17, 15) is 0 Å². The van der Waals surface area contributed by atoms with Crippen LogP contribution in [-0.4, -0.2) is 0 Å². The van der Waals surface area contributed by atoms with Crippen LogP contribution in [0.2, 0.25) is 0 Å². The molecule has 0 unspecified atom stereocenters. The molecule has 0 heterocycles. The number of nitrogen functional groups attached to an aromatic ring is 1. The normalized spacial score (nSPS) is 12.9. The van der Waals surface area contributed by atoms with Gasteiger partial charge in [0.25, 0.3) is 0 Å². The summed E-state index contributed by atoms with van der Waals surface area (Å²) in [6, 6.07) is 61.0. The zero-order chi connectivity index (χ0) is 28.8. The molecule has 1 aliphatic carbocycles. The van der Waals surface area contributed by atoms with Gasteiger partial charge in [-0.1, -0.05) is 127 Å². The Morgan fingerprint density at radius 1 is 0.419 bits per heavy atom. The van der Waals surface area contributed by atoms with Crippen molar-refractivity contribution in [3.8, 4) is 11.1 Å². The van der Waals surface area contributed by atoms with Gasteiger partial charge >= 0.3 is 0 Å². The fourth-order valence-electron chi connectivity index (χ4n) is 7.02. The van der Waals surface area contributed by atoms with E-state index in [0.29, 0.717) is 0 Å². The van der Waals surface area contributed by atoms with E-state index in [1.807, 2.05) is 12.1 Å². The molecule has 0 spiro atoms. The van der Waals surface area contributed by atoms with Crippen LogP contribution in [0.3, 0.4) is 0 Å². The van der Waals surface area contributed by atoms with Gasteiger partial charge in [-0.15, -0.1) is 0 Å². The summed E-state index contributed by atoms with van der Waals surface area (Å²) in [4.78, 5) is 2.36. The van der Waals surface area contributed by atoms with Crippen LogP contribution in [0, 0.1) is 0 Å². The van der Waals surface area contributed by atoms with Crippen molar-refractivity contribution in [3.63, 3.8) is 0 Å². The summed E-state index contributed by atoms with van der Waals surface area (Å²) >= 11 is 0. The molecule has 0 radical (unpaired) electrons. The molecule has 0 saturated heterocycles. The quantitative estimate of drug-likeness (QED) is 0.216. The molecular formula is C41H30N2. The van der Waals surface area contributed by atoms with Gasteiger partial charge < -0.3 is 10.6 Å². The van der Waals surface area contributed by atoms with E-state index in [4.69, 9.17) is 5.73 Å². The average Bonchev–Trinajstić information content (AvgIpc) is 3.37.